The molecule has 0 aliphatic rings. The molecule has 154 valence electrons. The molecule has 3 rings (SSSR count). The molecule has 0 spiro atoms. The van der Waals surface area contributed by atoms with E-state index in [4.69, 9.17) is 40.5 Å². The van der Waals surface area contributed by atoms with Crippen LogP contribution in [0.3, 0.4) is 0 Å². The predicted octanol–water partition coefficient (Wildman–Crippen LogP) is 3.09. The molecular weight excluding hydrogens is 455 g/mol. The lowest BCUT2D eigenvalue weighted by Gasteiger charge is -2.10. The van der Waals surface area contributed by atoms with Crippen LogP contribution in [0.25, 0.3) is 11.0 Å². The molecule has 0 fully saturated rings. The van der Waals surface area contributed by atoms with E-state index in [1.807, 2.05) is 5.43 Å². The Bertz CT molecular complexity index is 1240. The van der Waals surface area contributed by atoms with Gasteiger partial charge in [0.05, 0.1) is 21.7 Å². The number of H-pyrrole nitrogens is 1. The van der Waals surface area contributed by atoms with Gasteiger partial charge < -0.3 is 16.0 Å². The van der Waals surface area contributed by atoms with Gasteiger partial charge in [0.2, 0.25) is 0 Å². The van der Waals surface area contributed by atoms with Gasteiger partial charge in [-0.25, -0.2) is 15.2 Å². The van der Waals surface area contributed by atoms with Crippen LogP contribution in [-0.2, 0) is 11.2 Å². The number of nitrogens with zero attached hydrogens (tertiary/aromatic N) is 2. The minimum absolute atomic E-state index is 0.00723. The van der Waals surface area contributed by atoms with E-state index in [1.165, 1.54) is 18.2 Å². The highest BCUT2D eigenvalue weighted by Gasteiger charge is 2.18. The van der Waals surface area contributed by atoms with Gasteiger partial charge in [-0.05, 0) is 36.4 Å². The zero-order chi connectivity index (χ0) is 21.8. The Morgan fingerprint density at radius 2 is 1.80 bits per heavy atom. The van der Waals surface area contributed by atoms with Crippen LogP contribution in [0, 0.1) is 0 Å². The normalized spacial score (nSPS) is 11.4. The number of carbonyl (C=O) groups is 2. The summed E-state index contributed by atoms with van der Waals surface area (Å²) in [5, 5.41) is 7.24. The molecule has 9 nitrogen and oxygen atoms in total. The highest BCUT2D eigenvalue weighted by Crippen LogP contribution is 2.25. The van der Waals surface area contributed by atoms with Crippen molar-refractivity contribution >= 4 is 69.2 Å². The fourth-order valence-corrected chi connectivity index (χ4v) is 3.08. The summed E-state index contributed by atoms with van der Waals surface area (Å²) in [7, 11) is 0. The molecule has 5 N–H and O–H groups in total. The predicted molar refractivity (Wildman–Crippen MR) is 116 cm³/mol. The van der Waals surface area contributed by atoms with Gasteiger partial charge in [0.15, 0.2) is 0 Å². The Morgan fingerprint density at radius 1 is 1.10 bits per heavy atom. The van der Waals surface area contributed by atoms with Gasteiger partial charge in [0.25, 0.3) is 11.5 Å². The van der Waals surface area contributed by atoms with Crippen LogP contribution in [-0.4, -0.2) is 27.6 Å². The van der Waals surface area contributed by atoms with E-state index >= 15 is 0 Å². The van der Waals surface area contributed by atoms with Gasteiger partial charge in [-0.3, -0.25) is 9.59 Å². The molecule has 0 atom stereocenters. The van der Waals surface area contributed by atoms with Crippen LogP contribution in [0.4, 0.5) is 10.5 Å². The number of carbonyl (C=O) groups excluding carboxylic acids is 2. The van der Waals surface area contributed by atoms with Crippen LogP contribution in [0.2, 0.25) is 15.1 Å². The number of hydrogen-bond donors (Lipinski definition) is 4. The quantitative estimate of drug-likeness (QED) is 0.338. The summed E-state index contributed by atoms with van der Waals surface area (Å²) in [6.45, 7) is 0. The van der Waals surface area contributed by atoms with E-state index in [-0.39, 0.29) is 28.5 Å². The molecule has 3 amide bonds. The number of benzene rings is 2. The van der Waals surface area contributed by atoms with E-state index in [0.29, 0.717) is 21.1 Å². The van der Waals surface area contributed by atoms with Gasteiger partial charge in [-0.15, -0.1) is 0 Å². The van der Waals surface area contributed by atoms with Crippen LogP contribution in [0.1, 0.15) is 5.69 Å². The second-order valence-electron chi connectivity index (χ2n) is 5.96. The Labute approximate surface area is 184 Å². The molecule has 1 aromatic heterocycles. The van der Waals surface area contributed by atoms with Gasteiger partial charge in [0.1, 0.15) is 11.4 Å². The molecule has 0 radical (unpaired) electrons. The highest BCUT2D eigenvalue weighted by molar-refractivity contribution is 6.45. The van der Waals surface area contributed by atoms with Gasteiger partial charge in [-0.1, -0.05) is 34.8 Å². The van der Waals surface area contributed by atoms with Crippen LogP contribution >= 0.6 is 34.8 Å². The number of amides is 3. The molecule has 30 heavy (non-hydrogen) atoms. The van der Waals surface area contributed by atoms with Crippen molar-refractivity contribution < 1.29 is 9.59 Å². The van der Waals surface area contributed by atoms with Crippen molar-refractivity contribution in [3.8, 4) is 0 Å². The second-order valence-corrected chi connectivity index (χ2v) is 7.24. The lowest BCUT2D eigenvalue weighted by Crippen LogP contribution is -2.33. The van der Waals surface area contributed by atoms with Crippen LogP contribution < -0.4 is 22.0 Å². The summed E-state index contributed by atoms with van der Waals surface area (Å²) in [6, 6.07) is 8.25. The van der Waals surface area contributed by atoms with Crippen LogP contribution in [0.15, 0.2) is 46.3 Å². The molecule has 12 heteroatoms. The maximum atomic E-state index is 12.7. The molecule has 0 unspecified atom stereocenters. The number of halogens is 3. The lowest BCUT2D eigenvalue weighted by molar-refractivity contribution is -0.110. The first-order chi connectivity index (χ1) is 14.2. The Hall–Kier alpha value is -3.14. The Morgan fingerprint density at radius 3 is 2.50 bits per heavy atom. The number of aromatic amines is 1. The number of primary amides is 1. The standard InChI is InChI=1S/C18H13Cl3N6O3/c19-8-1-3-11(10(21)5-8)24-17(29)15(26-27-18(22)30)7-14-16(28)25-13-6-9(20)2-4-12(13)23-14/h1-6H,7H2,(H,24,29)(H,25,28)(H3,22,27,30)/b26-15+. The van der Waals surface area contributed by atoms with E-state index in [9.17, 15) is 14.4 Å². The largest absolute Gasteiger partial charge is 0.350 e. The summed E-state index contributed by atoms with van der Waals surface area (Å²) in [4.78, 5) is 43.0. The third kappa shape index (κ3) is 5.26. The lowest BCUT2D eigenvalue weighted by atomic mass is 10.2. The van der Waals surface area contributed by atoms with Crippen molar-refractivity contribution in [2.75, 3.05) is 5.32 Å². The third-order valence-electron chi connectivity index (χ3n) is 3.80. The number of nitrogens with two attached hydrogens (primary N) is 1. The summed E-state index contributed by atoms with van der Waals surface area (Å²) in [6.07, 6.45) is -0.300. The maximum Gasteiger partial charge on any atom is 0.332 e. The minimum Gasteiger partial charge on any atom is -0.350 e. The molecule has 2 aromatic carbocycles. The summed E-state index contributed by atoms with van der Waals surface area (Å²) in [5.41, 5.74) is 7.36. The first-order valence-corrected chi connectivity index (χ1v) is 9.43. The van der Waals surface area contributed by atoms with Crippen molar-refractivity contribution in [3.63, 3.8) is 0 Å². The van der Waals surface area contributed by atoms with Crippen molar-refractivity contribution in [3.05, 3.63) is 67.5 Å². The zero-order valence-electron chi connectivity index (χ0n) is 15.0. The number of urea groups is 1. The first-order valence-electron chi connectivity index (χ1n) is 8.30. The fourth-order valence-electron chi connectivity index (χ4n) is 2.45. The van der Waals surface area contributed by atoms with Crippen molar-refractivity contribution in [1.29, 1.82) is 0 Å². The van der Waals surface area contributed by atoms with Crippen molar-refractivity contribution in [2.45, 2.75) is 6.42 Å². The molecular formula is C18H13Cl3N6O3. The highest BCUT2D eigenvalue weighted by atomic mass is 35.5. The second kappa shape index (κ2) is 9.12. The molecule has 0 bridgehead atoms. The number of hydrogen-bond acceptors (Lipinski definition) is 5. The molecule has 0 saturated carbocycles. The number of rotatable bonds is 5. The van der Waals surface area contributed by atoms with Crippen molar-refractivity contribution in [1.82, 2.24) is 15.4 Å². The summed E-state index contributed by atoms with van der Waals surface area (Å²) in [5.74, 6) is -0.731. The molecule has 0 aliphatic carbocycles. The number of nitrogens with one attached hydrogen (secondary N) is 3. The van der Waals surface area contributed by atoms with Gasteiger partial charge >= 0.3 is 6.03 Å². The Balaban J connectivity index is 1.93. The maximum absolute atomic E-state index is 12.7. The van der Waals surface area contributed by atoms with E-state index in [0.717, 1.165) is 0 Å². The first kappa shape index (κ1) is 21.6. The average Bonchev–Trinajstić information content (AvgIpc) is 2.67. The average molecular weight is 468 g/mol. The monoisotopic (exact) mass is 466 g/mol. The van der Waals surface area contributed by atoms with Gasteiger partial charge in [0, 0.05) is 16.5 Å². The molecule has 0 aliphatic heterocycles. The van der Waals surface area contributed by atoms with Gasteiger partial charge in [-0.2, -0.15) is 5.10 Å². The number of aromatic nitrogens is 2. The van der Waals surface area contributed by atoms with Crippen molar-refractivity contribution in [2.24, 2.45) is 10.8 Å². The smallest absolute Gasteiger partial charge is 0.332 e. The molecule has 3 aromatic rings. The van der Waals surface area contributed by atoms with E-state index in [2.05, 4.69) is 20.4 Å². The molecule has 1 heterocycles. The topological polar surface area (TPSA) is 142 Å². The summed E-state index contributed by atoms with van der Waals surface area (Å²) >= 11 is 17.8. The summed E-state index contributed by atoms with van der Waals surface area (Å²) < 4.78 is 0. The minimum atomic E-state index is -0.986. The van der Waals surface area contributed by atoms with E-state index in [1.54, 1.807) is 18.2 Å². The van der Waals surface area contributed by atoms with Crippen LogP contribution in [0.5, 0.6) is 0 Å². The van der Waals surface area contributed by atoms with E-state index < -0.39 is 17.5 Å². The Kier molecular flexibility index (Phi) is 6.56. The molecule has 0 saturated heterocycles. The number of fused-ring (bicyclic) bond motifs is 1. The SMILES string of the molecule is NC(=O)N/N=C(\Cc1nc2ccc(Cl)cc2[nH]c1=O)C(=O)Nc1ccc(Cl)cc1Cl. The third-order valence-corrected chi connectivity index (χ3v) is 4.58. The number of anilines is 1. The fraction of sp³-hybridized carbons (Fsp3) is 0.0556. The zero-order valence-corrected chi connectivity index (χ0v) is 17.3. The number of hydrazone groups is 1.